The van der Waals surface area contributed by atoms with Crippen LogP contribution in [0.2, 0.25) is 0 Å². The predicted octanol–water partition coefficient (Wildman–Crippen LogP) is 4.26. The molecule has 3 aromatic rings. The van der Waals surface area contributed by atoms with E-state index in [-0.39, 0.29) is 11.9 Å². The molecule has 0 aliphatic carbocycles. The molecule has 1 atom stereocenters. The van der Waals surface area contributed by atoms with Gasteiger partial charge in [-0.05, 0) is 69.6 Å². The van der Waals surface area contributed by atoms with Crippen LogP contribution in [0.15, 0.2) is 60.7 Å². The van der Waals surface area contributed by atoms with Gasteiger partial charge in [-0.2, -0.15) is 5.10 Å². The van der Waals surface area contributed by atoms with Crippen molar-refractivity contribution in [1.82, 2.24) is 14.7 Å². The van der Waals surface area contributed by atoms with Gasteiger partial charge in [-0.25, -0.2) is 4.68 Å². The summed E-state index contributed by atoms with van der Waals surface area (Å²) in [5.41, 5.74) is 4.82. The molecule has 0 bridgehead atoms. The summed E-state index contributed by atoms with van der Waals surface area (Å²) in [6.07, 6.45) is 2.29. The van der Waals surface area contributed by atoms with Crippen molar-refractivity contribution >= 4 is 11.6 Å². The fraction of sp³-hybridized carbons (Fsp3) is 0.304. The van der Waals surface area contributed by atoms with Crippen LogP contribution in [0.3, 0.4) is 0 Å². The van der Waals surface area contributed by atoms with Crippen LogP contribution in [-0.4, -0.2) is 33.7 Å². The van der Waals surface area contributed by atoms with Crippen molar-refractivity contribution in [3.63, 3.8) is 0 Å². The van der Waals surface area contributed by atoms with Gasteiger partial charge in [-0.15, -0.1) is 0 Å². The van der Waals surface area contributed by atoms with E-state index in [0.29, 0.717) is 0 Å². The lowest BCUT2D eigenvalue weighted by Gasteiger charge is -2.27. The average Bonchev–Trinajstić information content (AvgIpc) is 3.32. The molecule has 0 spiro atoms. The van der Waals surface area contributed by atoms with Crippen LogP contribution in [0, 0.1) is 13.8 Å². The van der Waals surface area contributed by atoms with Gasteiger partial charge in [0.2, 0.25) is 5.91 Å². The topological polar surface area (TPSA) is 50.2 Å². The number of benzene rings is 2. The van der Waals surface area contributed by atoms with Gasteiger partial charge >= 0.3 is 0 Å². The van der Waals surface area contributed by atoms with E-state index in [0.717, 1.165) is 54.3 Å². The number of aryl methyl sites for hydroxylation is 2. The summed E-state index contributed by atoms with van der Waals surface area (Å²) >= 11 is 0. The minimum Gasteiger partial charge on any atom is -0.324 e. The standard InChI is InChI=1S/C23H26N4O/c1-17-15-18(2)27(25-17)21-12-8-11-20(16-21)24-23(28)22(26-13-6-7-14-26)19-9-4-3-5-10-19/h3-5,8-12,15-16,22H,6-7,13-14H2,1-2H3,(H,24,28). The third kappa shape index (κ3) is 3.85. The first kappa shape index (κ1) is 18.4. The Kier molecular flexibility index (Phi) is 5.26. The van der Waals surface area contributed by atoms with Crippen LogP contribution in [0.4, 0.5) is 5.69 Å². The van der Waals surface area contributed by atoms with Crippen LogP contribution in [0.25, 0.3) is 5.69 Å². The zero-order chi connectivity index (χ0) is 19.5. The zero-order valence-electron chi connectivity index (χ0n) is 16.4. The molecule has 2 heterocycles. The fourth-order valence-corrected chi connectivity index (χ4v) is 3.98. The van der Waals surface area contributed by atoms with Gasteiger partial charge in [-0.3, -0.25) is 9.69 Å². The van der Waals surface area contributed by atoms with E-state index in [1.54, 1.807) is 0 Å². The first-order valence-electron chi connectivity index (χ1n) is 9.85. The lowest BCUT2D eigenvalue weighted by atomic mass is 10.0. The van der Waals surface area contributed by atoms with Crippen LogP contribution in [0.1, 0.15) is 35.8 Å². The molecule has 5 heteroatoms. The van der Waals surface area contributed by atoms with E-state index in [4.69, 9.17) is 0 Å². The van der Waals surface area contributed by atoms with E-state index < -0.39 is 0 Å². The third-order valence-electron chi connectivity index (χ3n) is 5.24. The quantitative estimate of drug-likeness (QED) is 0.726. The molecule has 1 unspecified atom stereocenters. The van der Waals surface area contributed by atoms with E-state index in [1.807, 2.05) is 79.2 Å². The van der Waals surface area contributed by atoms with Gasteiger partial charge < -0.3 is 5.32 Å². The molecular weight excluding hydrogens is 348 g/mol. The molecule has 0 saturated carbocycles. The minimum absolute atomic E-state index is 0.0126. The van der Waals surface area contributed by atoms with Crippen molar-refractivity contribution < 1.29 is 4.79 Å². The van der Waals surface area contributed by atoms with Crippen molar-refractivity contribution in [2.45, 2.75) is 32.7 Å². The minimum atomic E-state index is -0.263. The van der Waals surface area contributed by atoms with Crippen LogP contribution in [-0.2, 0) is 4.79 Å². The van der Waals surface area contributed by atoms with Gasteiger partial charge in [0.05, 0.1) is 11.4 Å². The number of nitrogens with one attached hydrogen (secondary N) is 1. The summed E-state index contributed by atoms with van der Waals surface area (Å²) in [6.45, 7) is 5.93. The second kappa shape index (κ2) is 7.98. The number of rotatable bonds is 5. The van der Waals surface area contributed by atoms with Gasteiger partial charge in [0.25, 0.3) is 0 Å². The second-order valence-corrected chi connectivity index (χ2v) is 7.43. The molecule has 4 rings (SSSR count). The molecule has 1 aliphatic rings. The average molecular weight is 374 g/mol. The number of nitrogens with zero attached hydrogens (tertiary/aromatic N) is 3. The van der Waals surface area contributed by atoms with Crippen molar-refractivity contribution in [2.24, 2.45) is 0 Å². The number of likely N-dealkylation sites (tertiary alicyclic amines) is 1. The molecule has 1 aliphatic heterocycles. The maximum absolute atomic E-state index is 13.2. The van der Waals surface area contributed by atoms with E-state index in [1.165, 1.54) is 0 Å². The summed E-state index contributed by atoms with van der Waals surface area (Å²) in [7, 11) is 0. The highest BCUT2D eigenvalue weighted by Crippen LogP contribution is 2.27. The summed E-state index contributed by atoms with van der Waals surface area (Å²) in [5.74, 6) is 0.0126. The molecule has 1 N–H and O–H groups in total. The summed E-state index contributed by atoms with van der Waals surface area (Å²) in [4.78, 5) is 15.5. The van der Waals surface area contributed by atoms with Crippen LogP contribution < -0.4 is 5.32 Å². The largest absolute Gasteiger partial charge is 0.324 e. The molecule has 1 saturated heterocycles. The maximum Gasteiger partial charge on any atom is 0.246 e. The molecule has 2 aromatic carbocycles. The lowest BCUT2D eigenvalue weighted by Crippen LogP contribution is -2.35. The number of amides is 1. The Morgan fingerprint density at radius 2 is 1.75 bits per heavy atom. The maximum atomic E-state index is 13.2. The monoisotopic (exact) mass is 374 g/mol. The fourth-order valence-electron chi connectivity index (χ4n) is 3.98. The molecule has 144 valence electrons. The Morgan fingerprint density at radius 1 is 1.00 bits per heavy atom. The van der Waals surface area contributed by atoms with Gasteiger partial charge in [0.15, 0.2) is 0 Å². The molecule has 1 amide bonds. The number of aromatic nitrogens is 2. The van der Waals surface area contributed by atoms with Crippen molar-refractivity contribution in [2.75, 3.05) is 18.4 Å². The highest BCUT2D eigenvalue weighted by molar-refractivity contribution is 5.95. The molecule has 28 heavy (non-hydrogen) atoms. The smallest absolute Gasteiger partial charge is 0.246 e. The second-order valence-electron chi connectivity index (χ2n) is 7.43. The Labute approximate surface area is 166 Å². The summed E-state index contributed by atoms with van der Waals surface area (Å²) in [5, 5.41) is 7.67. The van der Waals surface area contributed by atoms with Crippen LogP contribution >= 0.6 is 0 Å². The van der Waals surface area contributed by atoms with E-state index in [9.17, 15) is 4.79 Å². The van der Waals surface area contributed by atoms with Crippen molar-refractivity contribution in [1.29, 1.82) is 0 Å². The first-order valence-corrected chi connectivity index (χ1v) is 9.85. The van der Waals surface area contributed by atoms with E-state index in [2.05, 4.69) is 15.3 Å². The number of carbonyl (C=O) groups excluding carboxylic acids is 1. The zero-order valence-corrected chi connectivity index (χ0v) is 16.4. The van der Waals surface area contributed by atoms with Crippen molar-refractivity contribution in [3.8, 4) is 5.69 Å². The highest BCUT2D eigenvalue weighted by atomic mass is 16.2. The Balaban J connectivity index is 1.59. The molecule has 0 radical (unpaired) electrons. The SMILES string of the molecule is Cc1cc(C)n(-c2cccc(NC(=O)C(c3ccccc3)N3CCCC3)c2)n1. The summed E-state index contributed by atoms with van der Waals surface area (Å²) < 4.78 is 1.90. The third-order valence-corrected chi connectivity index (χ3v) is 5.24. The predicted molar refractivity (Wildman–Crippen MR) is 112 cm³/mol. The summed E-state index contributed by atoms with van der Waals surface area (Å²) in [6, 6.07) is 19.7. The van der Waals surface area contributed by atoms with Gasteiger partial charge in [0.1, 0.15) is 6.04 Å². The number of hydrogen-bond donors (Lipinski definition) is 1. The lowest BCUT2D eigenvalue weighted by molar-refractivity contribution is -0.121. The highest BCUT2D eigenvalue weighted by Gasteiger charge is 2.29. The molecule has 1 fully saturated rings. The first-order chi connectivity index (χ1) is 13.6. The Bertz CT molecular complexity index is 958. The van der Waals surface area contributed by atoms with E-state index >= 15 is 0 Å². The molecule has 5 nitrogen and oxygen atoms in total. The number of hydrogen-bond acceptors (Lipinski definition) is 3. The van der Waals surface area contributed by atoms with Gasteiger partial charge in [0, 0.05) is 11.4 Å². The molecule has 1 aromatic heterocycles. The van der Waals surface area contributed by atoms with Crippen LogP contribution in [0.5, 0.6) is 0 Å². The Hall–Kier alpha value is -2.92. The number of carbonyl (C=O) groups is 1. The normalized spacial score (nSPS) is 15.5. The number of anilines is 1. The Morgan fingerprint density at radius 3 is 2.43 bits per heavy atom. The molecular formula is C23H26N4O. The van der Waals surface area contributed by atoms with Crippen molar-refractivity contribution in [3.05, 3.63) is 77.6 Å². The van der Waals surface area contributed by atoms with Gasteiger partial charge in [-0.1, -0.05) is 36.4 Å².